The van der Waals surface area contributed by atoms with Crippen LogP contribution >= 0.6 is 0 Å². The molecule has 0 saturated heterocycles. The minimum Gasteiger partial charge on any atom is -0.383 e. The standard InChI is InChI=1S/C16H13N7/c17-14-13(12-6-2-1-3-7-12)15(22-10-4-8-18-22)21-16(20-14)23-11-5-9-19-23/h1-11H,(H2,17,20,21). The SMILES string of the molecule is Nc1nc(-n2cccn2)nc(-n2cccn2)c1-c1ccccc1. The Labute approximate surface area is 132 Å². The van der Waals surface area contributed by atoms with Crippen molar-refractivity contribution in [3.63, 3.8) is 0 Å². The smallest absolute Gasteiger partial charge is 0.254 e. The van der Waals surface area contributed by atoms with Gasteiger partial charge in [0, 0.05) is 24.8 Å². The molecule has 3 aromatic heterocycles. The monoisotopic (exact) mass is 303 g/mol. The second-order valence-electron chi connectivity index (χ2n) is 4.87. The first-order chi connectivity index (χ1) is 11.3. The zero-order chi connectivity index (χ0) is 15.6. The summed E-state index contributed by atoms with van der Waals surface area (Å²) >= 11 is 0. The molecule has 7 heteroatoms. The number of rotatable bonds is 3. The van der Waals surface area contributed by atoms with Gasteiger partial charge in [-0.25, -0.2) is 9.36 Å². The van der Waals surface area contributed by atoms with Gasteiger partial charge in [0.2, 0.25) is 0 Å². The summed E-state index contributed by atoms with van der Waals surface area (Å²) in [6.45, 7) is 0. The van der Waals surface area contributed by atoms with Gasteiger partial charge in [0.05, 0.1) is 5.56 Å². The highest BCUT2D eigenvalue weighted by Gasteiger charge is 2.17. The van der Waals surface area contributed by atoms with Gasteiger partial charge in [0.15, 0.2) is 5.82 Å². The molecule has 112 valence electrons. The maximum atomic E-state index is 6.23. The highest BCUT2D eigenvalue weighted by atomic mass is 15.4. The third kappa shape index (κ3) is 2.34. The molecular weight excluding hydrogens is 290 g/mol. The summed E-state index contributed by atoms with van der Waals surface area (Å²) in [7, 11) is 0. The Bertz CT molecular complexity index is 913. The second-order valence-corrected chi connectivity index (χ2v) is 4.87. The van der Waals surface area contributed by atoms with Gasteiger partial charge in [0.1, 0.15) is 5.82 Å². The molecule has 0 unspecified atom stereocenters. The van der Waals surface area contributed by atoms with Crippen LogP contribution in [0.5, 0.6) is 0 Å². The fourth-order valence-electron chi connectivity index (χ4n) is 2.39. The molecule has 2 N–H and O–H groups in total. The minimum absolute atomic E-state index is 0.377. The van der Waals surface area contributed by atoms with Crippen molar-refractivity contribution >= 4 is 5.82 Å². The average Bonchev–Trinajstić information content (AvgIpc) is 3.28. The van der Waals surface area contributed by atoms with Crippen molar-refractivity contribution in [2.45, 2.75) is 0 Å². The van der Waals surface area contributed by atoms with E-state index < -0.39 is 0 Å². The van der Waals surface area contributed by atoms with Gasteiger partial charge in [-0.05, 0) is 17.7 Å². The van der Waals surface area contributed by atoms with Crippen LogP contribution in [0.1, 0.15) is 0 Å². The van der Waals surface area contributed by atoms with E-state index in [1.54, 1.807) is 34.0 Å². The quantitative estimate of drug-likeness (QED) is 0.626. The zero-order valence-electron chi connectivity index (χ0n) is 12.1. The molecule has 0 aliphatic heterocycles. The molecular formula is C16H13N7. The number of nitrogens with zero attached hydrogens (tertiary/aromatic N) is 6. The van der Waals surface area contributed by atoms with Crippen LogP contribution in [0.2, 0.25) is 0 Å². The van der Waals surface area contributed by atoms with Crippen molar-refractivity contribution in [3.05, 3.63) is 67.3 Å². The van der Waals surface area contributed by atoms with E-state index in [1.807, 2.05) is 42.6 Å². The summed E-state index contributed by atoms with van der Waals surface area (Å²) in [4.78, 5) is 8.99. The van der Waals surface area contributed by atoms with Crippen LogP contribution in [0, 0.1) is 0 Å². The largest absolute Gasteiger partial charge is 0.383 e. The molecule has 0 saturated carbocycles. The molecule has 0 amide bonds. The summed E-state index contributed by atoms with van der Waals surface area (Å²) in [6, 6.07) is 13.4. The molecule has 0 aliphatic carbocycles. The third-order valence-electron chi connectivity index (χ3n) is 3.40. The van der Waals surface area contributed by atoms with E-state index in [0.717, 1.165) is 11.1 Å². The molecule has 4 aromatic rings. The van der Waals surface area contributed by atoms with E-state index in [4.69, 9.17) is 5.73 Å². The Hall–Kier alpha value is -3.48. The Morgan fingerprint density at radius 2 is 1.48 bits per heavy atom. The van der Waals surface area contributed by atoms with Crippen molar-refractivity contribution in [1.29, 1.82) is 0 Å². The Morgan fingerprint density at radius 3 is 2.13 bits per heavy atom. The number of hydrogen-bond donors (Lipinski definition) is 1. The lowest BCUT2D eigenvalue weighted by Gasteiger charge is -2.13. The van der Waals surface area contributed by atoms with E-state index in [0.29, 0.717) is 17.6 Å². The zero-order valence-corrected chi connectivity index (χ0v) is 12.1. The van der Waals surface area contributed by atoms with Crippen LogP contribution in [-0.2, 0) is 0 Å². The van der Waals surface area contributed by atoms with Gasteiger partial charge in [-0.2, -0.15) is 20.2 Å². The van der Waals surface area contributed by atoms with Gasteiger partial charge in [0.25, 0.3) is 5.95 Å². The summed E-state index contributed by atoms with van der Waals surface area (Å²) < 4.78 is 3.24. The first kappa shape index (κ1) is 13.2. The lowest BCUT2D eigenvalue weighted by Crippen LogP contribution is -2.11. The molecule has 0 fully saturated rings. The van der Waals surface area contributed by atoms with E-state index in [9.17, 15) is 0 Å². The van der Waals surface area contributed by atoms with Crippen molar-refractivity contribution in [3.8, 4) is 22.9 Å². The first-order valence-electron chi connectivity index (χ1n) is 7.06. The number of anilines is 1. The number of benzene rings is 1. The van der Waals surface area contributed by atoms with Gasteiger partial charge < -0.3 is 5.73 Å². The minimum atomic E-state index is 0.377. The molecule has 3 heterocycles. The number of nitrogen functional groups attached to an aromatic ring is 1. The van der Waals surface area contributed by atoms with Crippen LogP contribution in [-0.4, -0.2) is 29.5 Å². The van der Waals surface area contributed by atoms with Crippen LogP contribution < -0.4 is 5.73 Å². The fourth-order valence-corrected chi connectivity index (χ4v) is 2.39. The molecule has 0 aliphatic rings. The highest BCUT2D eigenvalue weighted by Crippen LogP contribution is 2.30. The van der Waals surface area contributed by atoms with Crippen LogP contribution in [0.15, 0.2) is 67.3 Å². The Kier molecular flexibility index (Phi) is 3.09. The topological polar surface area (TPSA) is 87.4 Å². The predicted octanol–water partition coefficient (Wildman–Crippen LogP) is 2.10. The summed E-state index contributed by atoms with van der Waals surface area (Å²) in [5.41, 5.74) is 7.91. The normalized spacial score (nSPS) is 10.8. The molecule has 4 rings (SSSR count). The Balaban J connectivity index is 1.99. The molecule has 0 radical (unpaired) electrons. The van der Waals surface area contributed by atoms with Gasteiger partial charge in [-0.3, -0.25) is 0 Å². The van der Waals surface area contributed by atoms with E-state index >= 15 is 0 Å². The Morgan fingerprint density at radius 1 is 0.783 bits per heavy atom. The lowest BCUT2D eigenvalue weighted by atomic mass is 10.1. The van der Waals surface area contributed by atoms with Crippen molar-refractivity contribution < 1.29 is 0 Å². The summed E-state index contributed by atoms with van der Waals surface area (Å²) in [5.74, 6) is 1.39. The van der Waals surface area contributed by atoms with Crippen molar-refractivity contribution in [2.75, 3.05) is 5.73 Å². The molecule has 7 nitrogen and oxygen atoms in total. The van der Waals surface area contributed by atoms with Crippen molar-refractivity contribution in [2.24, 2.45) is 0 Å². The molecule has 0 atom stereocenters. The second kappa shape index (κ2) is 5.38. The molecule has 0 bridgehead atoms. The first-order valence-corrected chi connectivity index (χ1v) is 7.06. The maximum Gasteiger partial charge on any atom is 0.254 e. The molecule has 23 heavy (non-hydrogen) atoms. The lowest BCUT2D eigenvalue weighted by molar-refractivity contribution is 0.778. The van der Waals surface area contributed by atoms with Crippen LogP contribution in [0.3, 0.4) is 0 Å². The highest BCUT2D eigenvalue weighted by molar-refractivity contribution is 5.80. The number of aromatic nitrogens is 6. The van der Waals surface area contributed by atoms with Crippen molar-refractivity contribution in [1.82, 2.24) is 29.5 Å². The third-order valence-corrected chi connectivity index (χ3v) is 3.40. The van der Waals surface area contributed by atoms with E-state index in [1.165, 1.54) is 0 Å². The maximum absolute atomic E-state index is 6.23. The molecule has 1 aromatic carbocycles. The van der Waals surface area contributed by atoms with Gasteiger partial charge in [-0.1, -0.05) is 30.3 Å². The molecule has 0 spiro atoms. The van der Waals surface area contributed by atoms with Gasteiger partial charge in [-0.15, -0.1) is 0 Å². The van der Waals surface area contributed by atoms with Crippen LogP contribution in [0.4, 0.5) is 5.82 Å². The summed E-state index contributed by atoms with van der Waals surface area (Å²) in [5, 5.41) is 8.44. The fraction of sp³-hybridized carbons (Fsp3) is 0. The average molecular weight is 303 g/mol. The van der Waals surface area contributed by atoms with E-state index in [-0.39, 0.29) is 0 Å². The number of hydrogen-bond acceptors (Lipinski definition) is 5. The number of nitrogens with two attached hydrogens (primary N) is 1. The van der Waals surface area contributed by atoms with Crippen LogP contribution in [0.25, 0.3) is 22.9 Å². The predicted molar refractivity (Wildman–Crippen MR) is 86.1 cm³/mol. The van der Waals surface area contributed by atoms with Gasteiger partial charge >= 0.3 is 0 Å². The summed E-state index contributed by atoms with van der Waals surface area (Å²) in [6.07, 6.45) is 6.95. The van der Waals surface area contributed by atoms with E-state index in [2.05, 4.69) is 20.2 Å².